The second kappa shape index (κ2) is 11.0. The van der Waals surface area contributed by atoms with Crippen LogP contribution in [0.2, 0.25) is 0 Å². The van der Waals surface area contributed by atoms with Gasteiger partial charge in [-0.05, 0) is 31.5 Å². The highest BCUT2D eigenvalue weighted by molar-refractivity contribution is 7.21. The molecule has 1 N–H and O–H groups in total. The average Bonchev–Trinajstić information content (AvgIpc) is 3.33. The van der Waals surface area contributed by atoms with Crippen molar-refractivity contribution in [1.29, 1.82) is 0 Å². The standard InChI is InChI=1S/C27H24FN5O5S/c1-14-5-18(25-21(6-14)32-24(36-4)12-30-25)26-33-20-8-19(28)22(9-23(20)39-26)38-15(2)13-37-27(34)31-16-7-17(35-3)11-29-10-16/h5-12,15H,13H2,1-4H3,(H,31,34)/t15-/m0/s1. The van der Waals surface area contributed by atoms with E-state index in [0.29, 0.717) is 38.9 Å². The van der Waals surface area contributed by atoms with Gasteiger partial charge in [0.2, 0.25) is 5.88 Å². The van der Waals surface area contributed by atoms with E-state index in [-0.39, 0.29) is 12.4 Å². The van der Waals surface area contributed by atoms with Gasteiger partial charge in [-0.15, -0.1) is 11.3 Å². The molecule has 0 unspecified atom stereocenters. The molecule has 0 aliphatic heterocycles. The summed E-state index contributed by atoms with van der Waals surface area (Å²) in [5.41, 5.74) is 4.03. The van der Waals surface area contributed by atoms with Gasteiger partial charge in [0.15, 0.2) is 11.6 Å². The molecule has 12 heteroatoms. The summed E-state index contributed by atoms with van der Waals surface area (Å²) in [4.78, 5) is 29.7. The Balaban J connectivity index is 1.31. The minimum atomic E-state index is -0.699. The molecule has 0 radical (unpaired) electrons. The van der Waals surface area contributed by atoms with Crippen molar-refractivity contribution in [2.24, 2.45) is 0 Å². The van der Waals surface area contributed by atoms with Crippen LogP contribution in [0.1, 0.15) is 12.5 Å². The first kappa shape index (κ1) is 26.0. The number of thiazole rings is 1. The van der Waals surface area contributed by atoms with E-state index in [9.17, 15) is 9.18 Å². The third-order valence-corrected chi connectivity index (χ3v) is 6.67. The van der Waals surface area contributed by atoms with Crippen LogP contribution in [0.25, 0.3) is 31.8 Å². The van der Waals surface area contributed by atoms with Crippen molar-refractivity contribution < 1.29 is 28.1 Å². The van der Waals surface area contributed by atoms with E-state index in [1.54, 1.807) is 25.3 Å². The van der Waals surface area contributed by atoms with Crippen LogP contribution in [-0.4, -0.2) is 53.0 Å². The zero-order valence-corrected chi connectivity index (χ0v) is 22.3. The first-order valence-electron chi connectivity index (χ1n) is 11.8. The number of amides is 1. The van der Waals surface area contributed by atoms with E-state index in [0.717, 1.165) is 15.8 Å². The number of hydrogen-bond donors (Lipinski definition) is 1. The number of nitrogens with zero attached hydrogens (tertiary/aromatic N) is 4. The summed E-state index contributed by atoms with van der Waals surface area (Å²) >= 11 is 1.39. The minimum absolute atomic E-state index is 0.0323. The van der Waals surface area contributed by atoms with Crippen molar-refractivity contribution in [2.45, 2.75) is 20.0 Å². The molecule has 0 spiro atoms. The fourth-order valence-electron chi connectivity index (χ4n) is 3.84. The molecule has 3 aromatic heterocycles. The van der Waals surface area contributed by atoms with Crippen LogP contribution in [0.3, 0.4) is 0 Å². The number of carbonyl (C=O) groups is 1. The second-order valence-electron chi connectivity index (χ2n) is 8.63. The lowest BCUT2D eigenvalue weighted by Gasteiger charge is -2.15. The number of nitrogens with one attached hydrogen (secondary N) is 1. The van der Waals surface area contributed by atoms with Crippen LogP contribution >= 0.6 is 11.3 Å². The Morgan fingerprint density at radius 1 is 1.05 bits per heavy atom. The Labute approximate surface area is 226 Å². The van der Waals surface area contributed by atoms with Gasteiger partial charge in [0.1, 0.15) is 23.5 Å². The van der Waals surface area contributed by atoms with Crippen LogP contribution in [0.15, 0.2) is 48.9 Å². The third-order valence-electron chi connectivity index (χ3n) is 5.62. The number of pyridine rings is 1. The van der Waals surface area contributed by atoms with Crippen molar-refractivity contribution in [3.8, 4) is 28.0 Å². The number of ether oxygens (including phenoxy) is 4. The lowest BCUT2D eigenvalue weighted by atomic mass is 10.1. The number of carbonyl (C=O) groups excluding carboxylic acids is 1. The summed E-state index contributed by atoms with van der Waals surface area (Å²) < 4.78 is 36.9. The summed E-state index contributed by atoms with van der Waals surface area (Å²) in [5.74, 6) is 0.368. The lowest BCUT2D eigenvalue weighted by Crippen LogP contribution is -2.24. The molecule has 2 aromatic carbocycles. The van der Waals surface area contributed by atoms with Gasteiger partial charge >= 0.3 is 6.09 Å². The number of aromatic nitrogens is 4. The number of fused-ring (bicyclic) bond motifs is 2. The molecule has 5 aromatic rings. The summed E-state index contributed by atoms with van der Waals surface area (Å²) in [6.07, 6.45) is 3.20. The van der Waals surface area contributed by atoms with Crippen LogP contribution in [-0.2, 0) is 4.74 Å². The molecule has 0 saturated heterocycles. The zero-order chi connectivity index (χ0) is 27.5. The van der Waals surface area contributed by atoms with Crippen molar-refractivity contribution in [3.63, 3.8) is 0 Å². The molecule has 0 aliphatic rings. The van der Waals surface area contributed by atoms with E-state index >= 15 is 0 Å². The van der Waals surface area contributed by atoms with Gasteiger partial charge in [0.05, 0.1) is 59.7 Å². The maximum Gasteiger partial charge on any atom is 0.411 e. The molecule has 0 fully saturated rings. The van der Waals surface area contributed by atoms with Crippen molar-refractivity contribution in [3.05, 3.63) is 60.3 Å². The van der Waals surface area contributed by atoms with Gasteiger partial charge in [-0.25, -0.2) is 24.1 Å². The van der Waals surface area contributed by atoms with Crippen molar-refractivity contribution in [2.75, 3.05) is 26.1 Å². The summed E-state index contributed by atoms with van der Waals surface area (Å²) in [7, 11) is 3.04. The Kier molecular flexibility index (Phi) is 7.37. The molecule has 0 aliphatic carbocycles. The average molecular weight is 550 g/mol. The largest absolute Gasteiger partial charge is 0.495 e. The SMILES string of the molecule is COc1cncc(NC(=O)OC[C@H](C)Oc2cc3sc(-c4cc(C)cc5nc(OC)cnc45)nc3cc2F)c1. The monoisotopic (exact) mass is 549 g/mol. The fraction of sp³-hybridized carbons (Fsp3) is 0.222. The number of hydrogen-bond acceptors (Lipinski definition) is 10. The molecule has 0 saturated carbocycles. The Morgan fingerprint density at radius 3 is 2.69 bits per heavy atom. The van der Waals surface area contributed by atoms with E-state index < -0.39 is 18.0 Å². The molecular weight excluding hydrogens is 525 g/mol. The number of rotatable bonds is 8. The van der Waals surface area contributed by atoms with Gasteiger partial charge in [0.25, 0.3) is 0 Å². The predicted molar refractivity (Wildman–Crippen MR) is 145 cm³/mol. The molecule has 200 valence electrons. The van der Waals surface area contributed by atoms with Crippen LogP contribution in [0, 0.1) is 12.7 Å². The van der Waals surface area contributed by atoms with E-state index in [1.807, 2.05) is 19.1 Å². The highest BCUT2D eigenvalue weighted by Gasteiger charge is 2.18. The van der Waals surface area contributed by atoms with Gasteiger partial charge in [-0.2, -0.15) is 0 Å². The summed E-state index contributed by atoms with van der Waals surface area (Å²) in [5, 5.41) is 3.23. The predicted octanol–water partition coefficient (Wildman–Crippen LogP) is 5.78. The number of anilines is 1. The van der Waals surface area contributed by atoms with Gasteiger partial charge < -0.3 is 18.9 Å². The maximum absolute atomic E-state index is 14.9. The highest BCUT2D eigenvalue weighted by atomic mass is 32.1. The molecule has 1 atom stereocenters. The molecule has 3 heterocycles. The Bertz CT molecular complexity index is 1680. The Hall–Kier alpha value is -4.58. The van der Waals surface area contributed by atoms with Crippen LogP contribution in [0.5, 0.6) is 17.4 Å². The minimum Gasteiger partial charge on any atom is -0.495 e. The van der Waals surface area contributed by atoms with Crippen LogP contribution < -0.4 is 19.5 Å². The second-order valence-corrected chi connectivity index (χ2v) is 9.66. The quantitative estimate of drug-likeness (QED) is 0.257. The van der Waals surface area contributed by atoms with Crippen LogP contribution in [0.4, 0.5) is 14.9 Å². The van der Waals surface area contributed by atoms with Gasteiger partial charge in [-0.1, -0.05) is 0 Å². The lowest BCUT2D eigenvalue weighted by molar-refractivity contribution is 0.0969. The normalized spacial score (nSPS) is 11.8. The van der Waals surface area contributed by atoms with E-state index in [2.05, 4.69) is 25.3 Å². The highest BCUT2D eigenvalue weighted by Crippen LogP contribution is 2.37. The smallest absolute Gasteiger partial charge is 0.411 e. The maximum atomic E-state index is 14.9. The fourth-order valence-corrected chi connectivity index (χ4v) is 4.83. The number of methoxy groups -OCH3 is 2. The molecule has 0 bridgehead atoms. The number of halogens is 1. The number of benzene rings is 2. The van der Waals surface area contributed by atoms with Crippen molar-refractivity contribution >= 4 is 44.4 Å². The molecular formula is C27H24FN5O5S. The molecule has 5 rings (SSSR count). The molecule has 10 nitrogen and oxygen atoms in total. The summed E-state index contributed by atoms with van der Waals surface area (Å²) in [6, 6.07) is 8.42. The first-order chi connectivity index (χ1) is 18.8. The van der Waals surface area contributed by atoms with E-state index in [1.165, 1.54) is 44.0 Å². The van der Waals surface area contributed by atoms with E-state index in [4.69, 9.17) is 18.9 Å². The topological polar surface area (TPSA) is 118 Å². The third kappa shape index (κ3) is 5.80. The zero-order valence-electron chi connectivity index (χ0n) is 21.5. The first-order valence-corrected chi connectivity index (χ1v) is 12.7. The molecule has 1 amide bonds. The van der Waals surface area contributed by atoms with Gasteiger partial charge in [0, 0.05) is 23.8 Å². The van der Waals surface area contributed by atoms with Gasteiger partial charge in [-0.3, -0.25) is 10.3 Å². The number of aryl methyl sites for hydroxylation is 1. The summed E-state index contributed by atoms with van der Waals surface area (Å²) in [6.45, 7) is 3.53. The Morgan fingerprint density at radius 2 is 1.90 bits per heavy atom. The van der Waals surface area contributed by atoms with Crippen molar-refractivity contribution in [1.82, 2.24) is 19.9 Å². The molecule has 39 heavy (non-hydrogen) atoms.